The van der Waals surface area contributed by atoms with E-state index in [1.165, 1.54) is 25.2 Å². The molecular weight excluding hydrogens is 232 g/mol. The highest BCUT2D eigenvalue weighted by atomic mass is 16.1. The molecule has 1 aromatic heterocycles. The third-order valence-corrected chi connectivity index (χ3v) is 2.94. The number of likely N-dealkylation sites (tertiary alicyclic amines) is 1. The van der Waals surface area contributed by atoms with Crippen LogP contribution in [0.1, 0.15) is 23.3 Å². The van der Waals surface area contributed by atoms with Crippen LogP contribution in [0.25, 0.3) is 0 Å². The molecule has 0 aliphatic carbocycles. The third-order valence-electron chi connectivity index (χ3n) is 2.94. The first kappa shape index (κ1) is 12.7. The Balaban J connectivity index is 1.76. The molecule has 1 aliphatic heterocycles. The van der Waals surface area contributed by atoms with Crippen molar-refractivity contribution in [3.63, 3.8) is 0 Å². The van der Waals surface area contributed by atoms with Gasteiger partial charge in [0.15, 0.2) is 5.82 Å². The van der Waals surface area contributed by atoms with Crippen molar-refractivity contribution in [3.8, 4) is 0 Å². The minimum atomic E-state index is -0.203. The zero-order chi connectivity index (χ0) is 12.8. The SMILES string of the molecule is NNc1cnc(C(=O)NCCN2CCCC2)cn1. The molecule has 1 saturated heterocycles. The van der Waals surface area contributed by atoms with Crippen molar-refractivity contribution in [2.75, 3.05) is 31.6 Å². The average molecular weight is 250 g/mol. The zero-order valence-electron chi connectivity index (χ0n) is 10.2. The van der Waals surface area contributed by atoms with E-state index in [9.17, 15) is 4.79 Å². The number of hydrogen-bond donors (Lipinski definition) is 3. The maximum absolute atomic E-state index is 11.7. The van der Waals surface area contributed by atoms with E-state index in [-0.39, 0.29) is 5.91 Å². The van der Waals surface area contributed by atoms with E-state index in [2.05, 4.69) is 25.6 Å². The summed E-state index contributed by atoms with van der Waals surface area (Å²) in [6.07, 6.45) is 5.34. The van der Waals surface area contributed by atoms with Gasteiger partial charge in [0.25, 0.3) is 5.91 Å². The molecule has 2 rings (SSSR count). The smallest absolute Gasteiger partial charge is 0.271 e. The number of rotatable bonds is 5. The molecule has 2 heterocycles. The highest BCUT2D eigenvalue weighted by Gasteiger charge is 2.12. The summed E-state index contributed by atoms with van der Waals surface area (Å²) < 4.78 is 0. The summed E-state index contributed by atoms with van der Waals surface area (Å²) in [6, 6.07) is 0. The molecule has 0 spiro atoms. The molecule has 7 nitrogen and oxygen atoms in total. The first-order valence-corrected chi connectivity index (χ1v) is 6.09. The summed E-state index contributed by atoms with van der Waals surface area (Å²) in [6.45, 7) is 3.79. The van der Waals surface area contributed by atoms with Crippen molar-refractivity contribution in [3.05, 3.63) is 18.1 Å². The molecule has 0 radical (unpaired) electrons. The molecule has 1 aliphatic rings. The van der Waals surface area contributed by atoms with Crippen LogP contribution in [0.5, 0.6) is 0 Å². The van der Waals surface area contributed by atoms with Gasteiger partial charge in [0, 0.05) is 13.1 Å². The van der Waals surface area contributed by atoms with Gasteiger partial charge in [-0.1, -0.05) is 0 Å². The predicted molar refractivity (Wildman–Crippen MR) is 67.8 cm³/mol. The predicted octanol–water partition coefficient (Wildman–Crippen LogP) is -0.412. The first-order valence-electron chi connectivity index (χ1n) is 6.09. The molecule has 0 aromatic carbocycles. The van der Waals surface area contributed by atoms with Crippen molar-refractivity contribution in [1.29, 1.82) is 0 Å². The van der Waals surface area contributed by atoms with E-state index < -0.39 is 0 Å². The highest BCUT2D eigenvalue weighted by molar-refractivity contribution is 5.91. The monoisotopic (exact) mass is 250 g/mol. The van der Waals surface area contributed by atoms with Crippen LogP contribution in [-0.4, -0.2) is 47.0 Å². The number of nitrogens with two attached hydrogens (primary N) is 1. The lowest BCUT2D eigenvalue weighted by Gasteiger charge is -2.14. The van der Waals surface area contributed by atoms with Crippen LogP contribution in [-0.2, 0) is 0 Å². The van der Waals surface area contributed by atoms with E-state index in [1.54, 1.807) is 0 Å². The van der Waals surface area contributed by atoms with E-state index >= 15 is 0 Å². The highest BCUT2D eigenvalue weighted by Crippen LogP contribution is 2.05. The number of nitrogen functional groups attached to an aromatic ring is 1. The van der Waals surface area contributed by atoms with Crippen LogP contribution in [0.3, 0.4) is 0 Å². The Morgan fingerprint density at radius 1 is 1.33 bits per heavy atom. The summed E-state index contributed by atoms with van der Waals surface area (Å²) in [5, 5.41) is 2.83. The lowest BCUT2D eigenvalue weighted by atomic mass is 10.4. The third kappa shape index (κ3) is 3.38. The average Bonchev–Trinajstić information content (AvgIpc) is 2.92. The molecule has 98 valence electrons. The molecular formula is C11H18N6O. The molecule has 7 heteroatoms. The Bertz CT molecular complexity index is 387. The lowest BCUT2D eigenvalue weighted by Crippen LogP contribution is -2.33. The molecule has 4 N–H and O–H groups in total. The topological polar surface area (TPSA) is 96.2 Å². The quantitative estimate of drug-likeness (QED) is 0.485. The van der Waals surface area contributed by atoms with Gasteiger partial charge >= 0.3 is 0 Å². The van der Waals surface area contributed by atoms with Crippen molar-refractivity contribution < 1.29 is 4.79 Å². The first-order chi connectivity index (χ1) is 8.79. The minimum Gasteiger partial charge on any atom is -0.349 e. The van der Waals surface area contributed by atoms with Gasteiger partial charge in [0.1, 0.15) is 5.69 Å². The second-order valence-corrected chi connectivity index (χ2v) is 4.24. The fourth-order valence-corrected chi connectivity index (χ4v) is 1.94. The summed E-state index contributed by atoms with van der Waals surface area (Å²) in [4.78, 5) is 22.0. The van der Waals surface area contributed by atoms with E-state index in [4.69, 9.17) is 5.84 Å². The molecule has 0 unspecified atom stereocenters. The molecule has 1 aromatic rings. The van der Waals surface area contributed by atoms with Crippen LogP contribution in [0.4, 0.5) is 5.82 Å². The van der Waals surface area contributed by atoms with Gasteiger partial charge in [-0.05, 0) is 25.9 Å². The van der Waals surface area contributed by atoms with E-state index in [0.29, 0.717) is 18.1 Å². The Labute approximate surface area is 106 Å². The largest absolute Gasteiger partial charge is 0.349 e. The maximum Gasteiger partial charge on any atom is 0.271 e. The molecule has 0 atom stereocenters. The second-order valence-electron chi connectivity index (χ2n) is 4.24. The molecule has 0 bridgehead atoms. The van der Waals surface area contributed by atoms with Crippen molar-refractivity contribution in [1.82, 2.24) is 20.2 Å². The Morgan fingerprint density at radius 3 is 2.72 bits per heavy atom. The number of nitrogens with zero attached hydrogens (tertiary/aromatic N) is 3. The van der Waals surface area contributed by atoms with Crippen molar-refractivity contribution in [2.45, 2.75) is 12.8 Å². The number of aromatic nitrogens is 2. The fourth-order valence-electron chi connectivity index (χ4n) is 1.94. The van der Waals surface area contributed by atoms with Gasteiger partial charge in [0.05, 0.1) is 12.4 Å². The van der Waals surface area contributed by atoms with Gasteiger partial charge in [-0.15, -0.1) is 0 Å². The molecule has 1 fully saturated rings. The zero-order valence-corrected chi connectivity index (χ0v) is 10.2. The number of anilines is 1. The Hall–Kier alpha value is -1.73. The Morgan fingerprint density at radius 2 is 2.11 bits per heavy atom. The number of hydrazine groups is 1. The number of amides is 1. The van der Waals surface area contributed by atoms with Gasteiger partial charge in [-0.2, -0.15) is 0 Å². The summed E-state index contributed by atoms with van der Waals surface area (Å²) in [5.74, 6) is 5.40. The van der Waals surface area contributed by atoms with Crippen LogP contribution in [0.2, 0.25) is 0 Å². The summed E-state index contributed by atoms with van der Waals surface area (Å²) in [5.41, 5.74) is 2.66. The van der Waals surface area contributed by atoms with Crippen molar-refractivity contribution in [2.24, 2.45) is 5.84 Å². The minimum absolute atomic E-state index is 0.203. The summed E-state index contributed by atoms with van der Waals surface area (Å²) in [7, 11) is 0. The van der Waals surface area contributed by atoms with Crippen molar-refractivity contribution >= 4 is 11.7 Å². The molecule has 18 heavy (non-hydrogen) atoms. The standard InChI is InChI=1S/C11H18N6O/c12-16-10-8-14-9(7-15-10)11(18)13-3-6-17-4-1-2-5-17/h7-8H,1-6,12H2,(H,13,18)(H,15,16). The Kier molecular flexibility index (Phi) is 4.43. The number of carbonyl (C=O) groups excluding carboxylic acids is 1. The second kappa shape index (κ2) is 6.27. The van der Waals surface area contributed by atoms with Gasteiger partial charge in [0.2, 0.25) is 0 Å². The molecule has 0 saturated carbocycles. The van der Waals surface area contributed by atoms with Gasteiger partial charge in [-0.25, -0.2) is 15.8 Å². The van der Waals surface area contributed by atoms with Crippen LogP contribution in [0.15, 0.2) is 12.4 Å². The van der Waals surface area contributed by atoms with E-state index in [0.717, 1.165) is 19.6 Å². The van der Waals surface area contributed by atoms with Crippen LogP contribution < -0.4 is 16.6 Å². The maximum atomic E-state index is 11.7. The van der Waals surface area contributed by atoms with E-state index in [1.807, 2.05) is 0 Å². The van der Waals surface area contributed by atoms with Gasteiger partial charge in [-0.3, -0.25) is 4.79 Å². The lowest BCUT2D eigenvalue weighted by molar-refractivity contribution is 0.0944. The molecule has 1 amide bonds. The van der Waals surface area contributed by atoms with Crippen LogP contribution in [0, 0.1) is 0 Å². The number of hydrogen-bond acceptors (Lipinski definition) is 6. The number of nitrogens with one attached hydrogen (secondary N) is 2. The van der Waals surface area contributed by atoms with Crippen LogP contribution >= 0.6 is 0 Å². The normalized spacial score (nSPS) is 15.6. The number of carbonyl (C=O) groups is 1. The summed E-state index contributed by atoms with van der Waals surface area (Å²) >= 11 is 0. The van der Waals surface area contributed by atoms with Gasteiger partial charge < -0.3 is 15.6 Å². The fraction of sp³-hybridized carbons (Fsp3) is 0.545.